The fraction of sp³-hybridized carbons (Fsp3) is 0.944. The lowest BCUT2D eigenvalue weighted by molar-refractivity contribution is 0.137. The molecule has 0 bridgehead atoms. The Bertz CT molecular complexity index is 488. The molecule has 2 heteroatoms. The Morgan fingerprint density at radius 2 is 0.658 bits per heavy atom. The van der Waals surface area contributed by atoms with Gasteiger partial charge in [0.15, 0.2) is 0 Å². The highest BCUT2D eigenvalue weighted by molar-refractivity contribution is 4.96. The third-order valence-electron chi connectivity index (χ3n) is 8.78. The fourth-order valence-electron chi connectivity index (χ4n) is 6.25. The van der Waals surface area contributed by atoms with Gasteiger partial charge in [-0.1, -0.05) is 175 Å². The third kappa shape index (κ3) is 20.3. The zero-order valence-electron chi connectivity index (χ0n) is 26.8. The molecule has 226 valence electrons. The van der Waals surface area contributed by atoms with E-state index >= 15 is 0 Å². The largest absolute Gasteiger partial charge is 0.356 e. The molecular formula is C36H72N2. The smallest absolute Gasteiger partial charge is 0.101 e. The molecular weight excluding hydrogens is 460 g/mol. The summed E-state index contributed by atoms with van der Waals surface area (Å²) in [6.45, 7) is 9.42. The molecule has 38 heavy (non-hydrogen) atoms. The average Bonchev–Trinajstić information content (AvgIpc) is 3.30. The molecule has 1 aliphatic rings. The summed E-state index contributed by atoms with van der Waals surface area (Å²) in [7, 11) is 0. The molecule has 2 nitrogen and oxygen atoms in total. The minimum atomic E-state index is 0.639. The zero-order valence-corrected chi connectivity index (χ0v) is 26.8. The number of hydrogen-bond donors (Lipinski definition) is 0. The van der Waals surface area contributed by atoms with Gasteiger partial charge in [-0.05, 0) is 25.7 Å². The van der Waals surface area contributed by atoms with E-state index in [0.717, 1.165) is 0 Å². The van der Waals surface area contributed by atoms with Crippen molar-refractivity contribution in [2.24, 2.45) is 0 Å². The van der Waals surface area contributed by atoms with E-state index in [0.29, 0.717) is 6.17 Å². The summed E-state index contributed by atoms with van der Waals surface area (Å²) in [6, 6.07) is 0. The molecule has 0 spiro atoms. The molecule has 0 aromatic carbocycles. The number of nitrogens with zero attached hydrogens (tertiary/aromatic N) is 2. The minimum absolute atomic E-state index is 0.639. The lowest BCUT2D eigenvalue weighted by Crippen LogP contribution is -2.39. The lowest BCUT2D eigenvalue weighted by Gasteiger charge is -2.33. The Morgan fingerprint density at radius 3 is 1.03 bits per heavy atom. The van der Waals surface area contributed by atoms with Gasteiger partial charge in [0.1, 0.15) is 6.17 Å². The van der Waals surface area contributed by atoms with Crippen molar-refractivity contribution in [1.82, 2.24) is 9.80 Å². The second kappa shape index (κ2) is 27.9. The number of hydrogen-bond acceptors (Lipinski definition) is 2. The van der Waals surface area contributed by atoms with Crippen molar-refractivity contribution in [3.05, 3.63) is 12.4 Å². The maximum absolute atomic E-state index is 2.67. The Balaban J connectivity index is 1.98. The Morgan fingerprint density at radius 1 is 0.342 bits per heavy atom. The standard InChI is InChI=1S/C36H72N2/c1-4-7-9-11-13-15-17-18-19-20-21-22-24-26-28-30-33-38-35-34-37(32-6-3)36(38)31-29-27-25-23-16-14-12-10-8-5-2/h34-36H,4-33H2,1-3H3. The summed E-state index contributed by atoms with van der Waals surface area (Å²) in [5.74, 6) is 0. The molecule has 0 N–H and O–H groups in total. The summed E-state index contributed by atoms with van der Waals surface area (Å²) in [4.78, 5) is 5.30. The molecule has 0 aliphatic carbocycles. The van der Waals surface area contributed by atoms with Crippen molar-refractivity contribution in [1.29, 1.82) is 0 Å². The van der Waals surface area contributed by atoms with Crippen LogP contribution in [0.25, 0.3) is 0 Å². The molecule has 0 amide bonds. The Labute approximate surface area is 241 Å². The fourth-order valence-corrected chi connectivity index (χ4v) is 6.25. The summed E-state index contributed by atoms with van der Waals surface area (Å²) >= 11 is 0. The van der Waals surface area contributed by atoms with Crippen LogP contribution in [0.3, 0.4) is 0 Å². The van der Waals surface area contributed by atoms with Gasteiger partial charge >= 0.3 is 0 Å². The average molecular weight is 533 g/mol. The van der Waals surface area contributed by atoms with Crippen molar-refractivity contribution < 1.29 is 0 Å². The van der Waals surface area contributed by atoms with Crippen molar-refractivity contribution in [3.8, 4) is 0 Å². The van der Waals surface area contributed by atoms with Crippen LogP contribution in [0.5, 0.6) is 0 Å². The highest BCUT2D eigenvalue weighted by Crippen LogP contribution is 2.23. The summed E-state index contributed by atoms with van der Waals surface area (Å²) in [6.07, 6.45) is 45.6. The van der Waals surface area contributed by atoms with E-state index in [1.54, 1.807) is 0 Å². The molecule has 0 aromatic heterocycles. The Kier molecular flexibility index (Phi) is 26.0. The van der Waals surface area contributed by atoms with E-state index in [2.05, 4.69) is 43.0 Å². The molecule has 1 heterocycles. The molecule has 1 rings (SSSR count). The normalized spacial score (nSPS) is 15.3. The van der Waals surface area contributed by atoms with Crippen LogP contribution >= 0.6 is 0 Å². The summed E-state index contributed by atoms with van der Waals surface area (Å²) in [5.41, 5.74) is 0. The molecule has 0 radical (unpaired) electrons. The molecule has 0 fully saturated rings. The van der Waals surface area contributed by atoms with Gasteiger partial charge in [-0.15, -0.1) is 0 Å². The van der Waals surface area contributed by atoms with Crippen LogP contribution in [0.15, 0.2) is 12.4 Å². The third-order valence-corrected chi connectivity index (χ3v) is 8.78. The van der Waals surface area contributed by atoms with Gasteiger partial charge in [0, 0.05) is 25.5 Å². The van der Waals surface area contributed by atoms with Gasteiger partial charge < -0.3 is 9.80 Å². The molecule has 1 atom stereocenters. The quantitative estimate of drug-likeness (QED) is 0.0848. The van der Waals surface area contributed by atoms with Crippen LogP contribution in [0.2, 0.25) is 0 Å². The van der Waals surface area contributed by atoms with Crippen LogP contribution < -0.4 is 0 Å². The minimum Gasteiger partial charge on any atom is -0.356 e. The van der Waals surface area contributed by atoms with Gasteiger partial charge in [0.05, 0.1) is 0 Å². The SMILES string of the molecule is CCCCCCCCCCCCCCCCCCN1C=CN(CCC)C1CCCCCCCCCCCC. The monoisotopic (exact) mass is 533 g/mol. The van der Waals surface area contributed by atoms with Crippen LogP contribution in [0, 0.1) is 0 Å². The van der Waals surface area contributed by atoms with Crippen molar-refractivity contribution in [2.75, 3.05) is 13.1 Å². The van der Waals surface area contributed by atoms with E-state index in [1.807, 2.05) is 0 Å². The molecule has 0 saturated carbocycles. The molecule has 1 aliphatic heterocycles. The van der Waals surface area contributed by atoms with Gasteiger partial charge in [0.25, 0.3) is 0 Å². The maximum atomic E-state index is 2.67. The van der Waals surface area contributed by atoms with Crippen molar-refractivity contribution in [3.63, 3.8) is 0 Å². The van der Waals surface area contributed by atoms with Crippen molar-refractivity contribution in [2.45, 2.75) is 207 Å². The van der Waals surface area contributed by atoms with E-state index in [-0.39, 0.29) is 0 Å². The first-order valence-electron chi connectivity index (χ1n) is 18.0. The second-order valence-electron chi connectivity index (χ2n) is 12.5. The molecule has 0 saturated heterocycles. The van der Waals surface area contributed by atoms with E-state index < -0.39 is 0 Å². The van der Waals surface area contributed by atoms with Gasteiger partial charge in [0.2, 0.25) is 0 Å². The predicted octanol–water partition coefficient (Wildman–Crippen LogP) is 12.4. The van der Waals surface area contributed by atoms with Crippen molar-refractivity contribution >= 4 is 0 Å². The topological polar surface area (TPSA) is 6.48 Å². The first kappa shape index (κ1) is 35.4. The van der Waals surface area contributed by atoms with Gasteiger partial charge in [-0.3, -0.25) is 0 Å². The van der Waals surface area contributed by atoms with Crippen LogP contribution in [-0.4, -0.2) is 29.1 Å². The van der Waals surface area contributed by atoms with Crippen LogP contribution in [-0.2, 0) is 0 Å². The van der Waals surface area contributed by atoms with E-state index in [9.17, 15) is 0 Å². The summed E-state index contributed by atoms with van der Waals surface area (Å²) < 4.78 is 0. The van der Waals surface area contributed by atoms with Gasteiger partial charge in [-0.2, -0.15) is 0 Å². The number of unbranched alkanes of at least 4 members (excludes halogenated alkanes) is 24. The zero-order chi connectivity index (χ0) is 27.4. The van der Waals surface area contributed by atoms with Crippen LogP contribution in [0.4, 0.5) is 0 Å². The Hall–Kier alpha value is -0.660. The first-order valence-corrected chi connectivity index (χ1v) is 18.0. The maximum Gasteiger partial charge on any atom is 0.101 e. The summed E-state index contributed by atoms with van der Waals surface area (Å²) in [5, 5.41) is 0. The highest BCUT2D eigenvalue weighted by Gasteiger charge is 2.24. The molecule has 0 aromatic rings. The van der Waals surface area contributed by atoms with E-state index in [1.165, 1.54) is 193 Å². The molecule has 1 unspecified atom stereocenters. The second-order valence-corrected chi connectivity index (χ2v) is 12.5. The highest BCUT2D eigenvalue weighted by atomic mass is 15.4. The first-order chi connectivity index (χ1) is 18.8. The predicted molar refractivity (Wildman–Crippen MR) is 173 cm³/mol. The van der Waals surface area contributed by atoms with Gasteiger partial charge in [-0.25, -0.2) is 0 Å². The lowest BCUT2D eigenvalue weighted by atomic mass is 10.0. The number of rotatable bonds is 30. The van der Waals surface area contributed by atoms with E-state index in [4.69, 9.17) is 0 Å². The van der Waals surface area contributed by atoms with Crippen LogP contribution in [0.1, 0.15) is 201 Å².